The summed E-state index contributed by atoms with van der Waals surface area (Å²) in [5, 5.41) is 7.04. The molecule has 1 N–H and O–H groups in total. The zero-order valence-corrected chi connectivity index (χ0v) is 24.8. The second kappa shape index (κ2) is 12.2. The number of ether oxygens (including phenoxy) is 1. The van der Waals surface area contributed by atoms with Crippen LogP contribution in [-0.4, -0.2) is 74.5 Å². The summed E-state index contributed by atoms with van der Waals surface area (Å²) in [5.74, 6) is -0.509. The first-order valence-electron chi connectivity index (χ1n) is 13.5. The van der Waals surface area contributed by atoms with Gasteiger partial charge < -0.3 is 9.57 Å². The third kappa shape index (κ3) is 7.27. The average molecular weight is 611 g/mol. The summed E-state index contributed by atoms with van der Waals surface area (Å²) in [7, 11) is -6.53. The molecule has 2 heterocycles. The molecule has 3 aliphatic rings. The van der Waals surface area contributed by atoms with Gasteiger partial charge in [-0.25, -0.2) is 26.1 Å². The number of nitrogens with zero attached hydrogens (tertiary/aromatic N) is 3. The lowest BCUT2D eigenvalue weighted by Crippen LogP contribution is -2.40. The molecule has 40 heavy (non-hydrogen) atoms. The summed E-state index contributed by atoms with van der Waals surface area (Å²) in [6.45, 7) is 1.18. The molecule has 1 aliphatic heterocycles. The van der Waals surface area contributed by atoms with Gasteiger partial charge in [0.2, 0.25) is 10.0 Å². The van der Waals surface area contributed by atoms with E-state index in [1.807, 2.05) is 0 Å². The number of nitrogens with one attached hydrogen (secondary N) is 1. The highest BCUT2D eigenvalue weighted by Gasteiger charge is 2.37. The van der Waals surface area contributed by atoms with E-state index in [1.165, 1.54) is 34.0 Å². The van der Waals surface area contributed by atoms with Gasteiger partial charge in [0.25, 0.3) is 5.91 Å². The largest absolute Gasteiger partial charge is 0.392 e. The minimum absolute atomic E-state index is 0.0451. The van der Waals surface area contributed by atoms with Crippen molar-refractivity contribution in [2.45, 2.75) is 80.3 Å². The number of oxime groups is 1. The predicted molar refractivity (Wildman–Crippen MR) is 151 cm³/mol. The molecular formula is C26H34N4O7S3. The van der Waals surface area contributed by atoms with Gasteiger partial charge >= 0.3 is 0 Å². The maximum absolute atomic E-state index is 13.3. The van der Waals surface area contributed by atoms with Crippen LogP contribution >= 0.6 is 11.3 Å². The van der Waals surface area contributed by atoms with Crippen molar-refractivity contribution in [3.63, 3.8) is 0 Å². The van der Waals surface area contributed by atoms with Crippen molar-refractivity contribution in [2.24, 2.45) is 5.16 Å². The summed E-state index contributed by atoms with van der Waals surface area (Å²) in [4.78, 5) is 24.3. The number of carbonyl (C=O) groups excluding carboxylic acids is 1. The zero-order valence-electron chi connectivity index (χ0n) is 22.3. The van der Waals surface area contributed by atoms with Gasteiger partial charge in [-0.3, -0.25) is 10.1 Å². The Hall–Kier alpha value is -2.39. The molecule has 5 rings (SSSR count). The van der Waals surface area contributed by atoms with Gasteiger partial charge in [0.1, 0.15) is 6.10 Å². The fraction of sp³-hybridized carbons (Fsp3) is 0.577. The Morgan fingerprint density at radius 2 is 1.70 bits per heavy atom. The van der Waals surface area contributed by atoms with Crippen molar-refractivity contribution in [1.29, 1.82) is 0 Å². The van der Waals surface area contributed by atoms with E-state index in [0.717, 1.165) is 30.6 Å². The van der Waals surface area contributed by atoms with Crippen LogP contribution in [0, 0.1) is 0 Å². The van der Waals surface area contributed by atoms with Crippen LogP contribution in [-0.2, 0) is 40.8 Å². The molecule has 0 radical (unpaired) electrons. The van der Waals surface area contributed by atoms with Crippen LogP contribution in [0.2, 0.25) is 0 Å². The first-order valence-corrected chi connectivity index (χ1v) is 17.7. The van der Waals surface area contributed by atoms with E-state index in [0.29, 0.717) is 56.1 Å². The maximum Gasteiger partial charge on any atom is 0.280 e. The maximum atomic E-state index is 13.3. The summed E-state index contributed by atoms with van der Waals surface area (Å²) in [6, 6.07) is 6.20. The molecule has 2 aromatic rings. The molecule has 1 aromatic carbocycles. The van der Waals surface area contributed by atoms with E-state index in [-0.39, 0.29) is 28.1 Å². The number of amides is 1. The van der Waals surface area contributed by atoms with E-state index >= 15 is 0 Å². The van der Waals surface area contributed by atoms with Crippen molar-refractivity contribution in [3.05, 3.63) is 40.9 Å². The highest BCUT2D eigenvalue weighted by atomic mass is 32.2. The average Bonchev–Trinajstić information content (AvgIpc) is 3.50. The summed E-state index contributed by atoms with van der Waals surface area (Å²) in [5.41, 5.74) is 0.499. The Morgan fingerprint density at radius 1 is 1.02 bits per heavy atom. The van der Waals surface area contributed by atoms with Gasteiger partial charge in [-0.15, -0.1) is 0 Å². The van der Waals surface area contributed by atoms with Crippen molar-refractivity contribution >= 4 is 47.9 Å². The Labute approximate surface area is 238 Å². The Bertz CT molecular complexity index is 1440. The third-order valence-electron chi connectivity index (χ3n) is 7.34. The Morgan fingerprint density at radius 3 is 2.33 bits per heavy atom. The molecule has 1 aromatic heterocycles. The number of benzene rings is 1. The van der Waals surface area contributed by atoms with Crippen molar-refractivity contribution in [2.75, 3.05) is 24.7 Å². The first kappa shape index (κ1) is 29.1. The minimum atomic E-state index is -3.34. The number of aromatic nitrogens is 1. The molecule has 14 heteroatoms. The molecule has 0 unspecified atom stereocenters. The van der Waals surface area contributed by atoms with E-state index in [2.05, 4.69) is 15.5 Å². The number of thiazole rings is 1. The highest BCUT2D eigenvalue weighted by molar-refractivity contribution is 7.92. The van der Waals surface area contributed by atoms with E-state index < -0.39 is 25.8 Å². The Balaban J connectivity index is 1.22. The van der Waals surface area contributed by atoms with E-state index in [1.54, 1.807) is 18.3 Å². The first-order chi connectivity index (χ1) is 19.1. The van der Waals surface area contributed by atoms with Crippen LogP contribution in [0.25, 0.3) is 0 Å². The van der Waals surface area contributed by atoms with Gasteiger partial charge in [0, 0.05) is 24.8 Å². The fourth-order valence-corrected chi connectivity index (χ4v) is 8.10. The van der Waals surface area contributed by atoms with Crippen molar-refractivity contribution in [1.82, 2.24) is 9.29 Å². The Kier molecular flexibility index (Phi) is 8.90. The molecule has 218 valence electrons. The van der Waals surface area contributed by atoms with Gasteiger partial charge in [-0.1, -0.05) is 28.6 Å². The topological polar surface area (TPSA) is 144 Å². The second-order valence-electron chi connectivity index (χ2n) is 10.5. The number of hydrogen-bond donors (Lipinski definition) is 1. The van der Waals surface area contributed by atoms with E-state index in [4.69, 9.17) is 9.57 Å². The van der Waals surface area contributed by atoms with Gasteiger partial charge in [0.15, 0.2) is 20.7 Å². The number of anilines is 1. The van der Waals surface area contributed by atoms with Crippen LogP contribution in [0.15, 0.2) is 40.5 Å². The zero-order chi connectivity index (χ0) is 28.3. The number of sulfonamides is 1. The molecule has 2 saturated carbocycles. The van der Waals surface area contributed by atoms with Crippen LogP contribution in [0.3, 0.4) is 0 Å². The second-order valence-corrected chi connectivity index (χ2v) is 15.8. The monoisotopic (exact) mass is 610 g/mol. The number of piperidine rings is 1. The molecular weight excluding hydrogens is 577 g/mol. The SMILES string of the molecule is CS(=O)(=O)N1CCC(OCc2cnc(NC(=O)/C(=N/OC3CCCC3)c3ccc(S(=O)(=O)C4CC4)cc3)s2)CC1. The molecule has 2 aliphatic carbocycles. The normalized spacial score (nSPS) is 20.1. The fourth-order valence-electron chi connectivity index (χ4n) is 4.84. The molecule has 0 spiro atoms. The van der Waals surface area contributed by atoms with Crippen LogP contribution < -0.4 is 5.32 Å². The smallest absolute Gasteiger partial charge is 0.280 e. The molecule has 11 nitrogen and oxygen atoms in total. The molecule has 3 fully saturated rings. The molecule has 1 saturated heterocycles. The molecule has 0 atom stereocenters. The number of rotatable bonds is 11. The quantitative estimate of drug-likeness (QED) is 0.301. The number of sulfone groups is 1. The summed E-state index contributed by atoms with van der Waals surface area (Å²) < 4.78 is 56.0. The van der Waals surface area contributed by atoms with Crippen molar-refractivity contribution < 1.29 is 31.2 Å². The number of carbonyl (C=O) groups is 1. The number of hydrogen-bond acceptors (Lipinski definition) is 10. The summed E-state index contributed by atoms with van der Waals surface area (Å²) in [6.07, 6.45) is 9.21. The van der Waals surface area contributed by atoms with Crippen LogP contribution in [0.1, 0.15) is 61.8 Å². The molecule has 0 bridgehead atoms. The highest BCUT2D eigenvalue weighted by Crippen LogP contribution is 2.33. The van der Waals surface area contributed by atoms with Crippen LogP contribution in [0.5, 0.6) is 0 Å². The lowest BCUT2D eigenvalue weighted by Gasteiger charge is -2.29. The predicted octanol–water partition coefficient (Wildman–Crippen LogP) is 3.32. The lowest BCUT2D eigenvalue weighted by molar-refractivity contribution is -0.110. The lowest BCUT2D eigenvalue weighted by atomic mass is 10.1. The van der Waals surface area contributed by atoms with Gasteiger partial charge in [-0.05, 0) is 63.5 Å². The van der Waals surface area contributed by atoms with Crippen LogP contribution in [0.4, 0.5) is 5.13 Å². The van der Waals surface area contributed by atoms with Gasteiger partial charge in [0.05, 0.1) is 34.0 Å². The standard InChI is InChI=1S/C26H34N4O7S3/c1-39(32,33)30-14-12-19(13-15-30)36-17-21-16-27-26(38-21)28-25(31)24(29-37-20-4-2-3-5-20)18-6-8-22(9-7-18)40(34,35)23-10-11-23/h6-9,16,19-20,23H,2-5,10-15,17H2,1H3,(H,27,28,31)/b29-24+. The molecule has 1 amide bonds. The van der Waals surface area contributed by atoms with Crippen molar-refractivity contribution in [3.8, 4) is 0 Å². The summed E-state index contributed by atoms with van der Waals surface area (Å²) >= 11 is 1.28. The van der Waals surface area contributed by atoms with E-state index in [9.17, 15) is 21.6 Å². The third-order valence-corrected chi connectivity index (χ3v) is 11.8. The minimum Gasteiger partial charge on any atom is -0.392 e. The van der Waals surface area contributed by atoms with Gasteiger partial charge in [-0.2, -0.15) is 0 Å².